The van der Waals surface area contributed by atoms with Crippen LogP contribution in [0.2, 0.25) is 0 Å². The third-order valence-electron chi connectivity index (χ3n) is 10.5. The Morgan fingerprint density at radius 1 is 0.730 bits per heavy atom. The highest BCUT2D eigenvalue weighted by Gasteiger charge is 2.31. The summed E-state index contributed by atoms with van der Waals surface area (Å²) in [6.07, 6.45) is 5.25. The maximum Gasteiger partial charge on any atom is 0.408 e. The van der Waals surface area contributed by atoms with E-state index >= 15 is 0 Å². The number of nitrogens with zero attached hydrogens (tertiary/aromatic N) is 3. The van der Waals surface area contributed by atoms with E-state index in [1.54, 1.807) is 6.20 Å². The van der Waals surface area contributed by atoms with Crippen LogP contribution in [-0.2, 0) is 30.5 Å². The molecule has 2 saturated heterocycles. The van der Waals surface area contributed by atoms with Crippen LogP contribution >= 0.6 is 0 Å². The predicted octanol–water partition coefficient (Wildman–Crippen LogP) is 4.40. The molecule has 17 heteroatoms. The van der Waals surface area contributed by atoms with Gasteiger partial charge in [0.05, 0.1) is 24.0 Å². The number of hydrogen-bond donors (Lipinski definition) is 7. The number of aromatic nitrogens is 2. The predicted molar refractivity (Wildman–Crippen MR) is 234 cm³/mol. The fourth-order valence-corrected chi connectivity index (χ4v) is 7.26. The highest BCUT2D eigenvalue weighted by Crippen LogP contribution is 2.20. The van der Waals surface area contributed by atoms with Crippen LogP contribution in [0.15, 0.2) is 66.9 Å². The Kier molecular flexibility index (Phi) is 19.6. The van der Waals surface area contributed by atoms with Gasteiger partial charge in [-0.1, -0.05) is 88.4 Å². The van der Waals surface area contributed by atoms with Gasteiger partial charge in [0.2, 0.25) is 23.6 Å². The minimum absolute atomic E-state index is 0.0860. The molecule has 6 atom stereocenters. The number of alkyl carbamates (subject to hydrolysis) is 1. The van der Waals surface area contributed by atoms with Crippen molar-refractivity contribution >= 4 is 35.6 Å². The number of piperidine rings is 2. The molecular weight excluding hydrogens is 805 g/mol. The third kappa shape index (κ3) is 16.6. The zero-order valence-electron chi connectivity index (χ0n) is 36.4. The van der Waals surface area contributed by atoms with Crippen LogP contribution in [0.25, 0.3) is 11.3 Å². The van der Waals surface area contributed by atoms with E-state index in [4.69, 9.17) is 4.74 Å². The molecule has 3 aromatic rings. The standard InChI is InChI=1S/C24H30N6O3.C22H30N4O4/c1-15(2)11-19(23(32)28-18(13-25)12-17-9-6-10-26-22(17)31)30-24(33)21-27-14-20(29-21)16-7-4-3-5-8-16;1-15(2)11-19(26-22(29)30-14-16-7-4-3-5-8-16)21(28)25-18(13-23)12-17-9-6-10-24-20(17)27/h3-5,7-8,14-15,17-19H,6,9-12H2,1-2H3,(H,26,31)(H,27,29)(H,28,32)(H,30,33);3-5,7-8,15,17-19H,6,9-12,14H2,1-2H3,(H,24,27)(H,25,28)(H,26,29)/t2*17-,18-,19-/m00/s1. The van der Waals surface area contributed by atoms with E-state index in [-0.39, 0.29) is 60.8 Å². The van der Waals surface area contributed by atoms with Crippen LogP contribution < -0.4 is 31.9 Å². The largest absolute Gasteiger partial charge is 0.445 e. The Bertz CT molecular complexity index is 2060. The van der Waals surface area contributed by atoms with Crippen molar-refractivity contribution in [2.75, 3.05) is 13.1 Å². The quantitative estimate of drug-likeness (QED) is 0.0948. The molecule has 6 amide bonds. The van der Waals surface area contributed by atoms with Crippen molar-refractivity contribution < 1.29 is 33.5 Å². The molecule has 2 aromatic carbocycles. The Morgan fingerprint density at radius 2 is 1.22 bits per heavy atom. The average molecular weight is 865 g/mol. The summed E-state index contributed by atoms with van der Waals surface area (Å²) in [7, 11) is 0. The Morgan fingerprint density at radius 3 is 1.70 bits per heavy atom. The number of imidazole rings is 1. The second-order valence-corrected chi connectivity index (χ2v) is 16.7. The smallest absolute Gasteiger partial charge is 0.408 e. The summed E-state index contributed by atoms with van der Waals surface area (Å²) in [5.74, 6) is -1.81. The number of carbonyl (C=O) groups is 6. The van der Waals surface area contributed by atoms with E-state index in [2.05, 4.69) is 54.0 Å². The number of nitrogens with one attached hydrogen (secondary N) is 7. The molecule has 336 valence electrons. The summed E-state index contributed by atoms with van der Waals surface area (Å²) in [4.78, 5) is 81.8. The Hall–Kier alpha value is -6.75. The van der Waals surface area contributed by atoms with Crippen LogP contribution in [-0.4, -0.2) is 82.9 Å². The van der Waals surface area contributed by atoms with Gasteiger partial charge in [0, 0.05) is 24.9 Å². The van der Waals surface area contributed by atoms with Crippen molar-refractivity contribution in [3.05, 3.63) is 78.2 Å². The first-order chi connectivity index (χ1) is 30.3. The fourth-order valence-electron chi connectivity index (χ4n) is 7.26. The molecular formula is C46H60N10O7. The van der Waals surface area contributed by atoms with Gasteiger partial charge in [-0.05, 0) is 74.3 Å². The molecule has 0 unspecified atom stereocenters. The SMILES string of the molecule is CC(C)C[C@H](NC(=O)OCc1ccccc1)C(=O)N[C@H](C#N)C[C@@H]1CCCNC1=O.CC(C)C[C@H](NC(=O)c1ncc(-c2ccccc2)[nH]1)C(=O)N[C@H](C#N)C[C@@H]1CCCNC1=O. The minimum atomic E-state index is -0.834. The Balaban J connectivity index is 0.000000278. The molecule has 63 heavy (non-hydrogen) atoms. The van der Waals surface area contributed by atoms with Crippen LogP contribution in [0, 0.1) is 46.3 Å². The van der Waals surface area contributed by atoms with Gasteiger partial charge < -0.3 is 41.6 Å². The van der Waals surface area contributed by atoms with Gasteiger partial charge in [0.1, 0.15) is 30.8 Å². The van der Waals surface area contributed by atoms with Crippen molar-refractivity contribution in [2.24, 2.45) is 23.7 Å². The molecule has 0 saturated carbocycles. The number of rotatable bonds is 18. The summed E-state index contributed by atoms with van der Waals surface area (Å²) >= 11 is 0. The number of H-pyrrole nitrogens is 1. The summed E-state index contributed by atoms with van der Waals surface area (Å²) in [6, 6.07) is 19.6. The number of carbonyl (C=O) groups excluding carboxylic acids is 6. The second-order valence-electron chi connectivity index (χ2n) is 16.7. The van der Waals surface area contributed by atoms with E-state index in [1.807, 2.05) is 88.4 Å². The maximum absolute atomic E-state index is 13.0. The van der Waals surface area contributed by atoms with E-state index < -0.39 is 48.0 Å². The van der Waals surface area contributed by atoms with Gasteiger partial charge in [-0.25, -0.2) is 9.78 Å². The first kappa shape index (κ1) is 48.9. The van der Waals surface area contributed by atoms with Crippen molar-refractivity contribution in [1.29, 1.82) is 10.5 Å². The number of hydrogen-bond acceptors (Lipinski definition) is 10. The maximum atomic E-state index is 13.0. The highest BCUT2D eigenvalue weighted by atomic mass is 16.5. The monoisotopic (exact) mass is 864 g/mol. The van der Waals surface area contributed by atoms with Gasteiger partial charge in [0.25, 0.3) is 5.91 Å². The van der Waals surface area contributed by atoms with Gasteiger partial charge in [0.15, 0.2) is 5.82 Å². The molecule has 3 heterocycles. The molecule has 2 fully saturated rings. The minimum Gasteiger partial charge on any atom is -0.445 e. The number of aromatic amines is 1. The molecule has 2 aliphatic rings. The molecule has 5 rings (SSSR count). The molecule has 17 nitrogen and oxygen atoms in total. The zero-order chi connectivity index (χ0) is 45.7. The lowest BCUT2D eigenvalue weighted by Crippen LogP contribution is -2.51. The van der Waals surface area contributed by atoms with Crippen molar-refractivity contribution in [1.82, 2.24) is 41.9 Å². The normalized spacial score (nSPS) is 17.7. The third-order valence-corrected chi connectivity index (χ3v) is 10.5. The van der Waals surface area contributed by atoms with Crippen LogP contribution in [0.3, 0.4) is 0 Å². The summed E-state index contributed by atoms with van der Waals surface area (Å²) in [6.45, 7) is 9.14. The summed E-state index contributed by atoms with van der Waals surface area (Å²) < 4.78 is 5.21. The first-order valence-electron chi connectivity index (χ1n) is 21.6. The van der Waals surface area contributed by atoms with Crippen molar-refractivity contribution in [2.45, 2.75) is 110 Å². The molecule has 0 spiro atoms. The lowest BCUT2D eigenvalue weighted by atomic mass is 9.91. The van der Waals surface area contributed by atoms with Gasteiger partial charge in [-0.15, -0.1) is 0 Å². The zero-order valence-corrected chi connectivity index (χ0v) is 36.4. The van der Waals surface area contributed by atoms with Gasteiger partial charge >= 0.3 is 6.09 Å². The number of amides is 6. The van der Waals surface area contributed by atoms with E-state index in [9.17, 15) is 39.3 Å². The van der Waals surface area contributed by atoms with Crippen molar-refractivity contribution in [3.8, 4) is 23.4 Å². The second kappa shape index (κ2) is 25.2. The van der Waals surface area contributed by atoms with Crippen molar-refractivity contribution in [3.63, 3.8) is 0 Å². The summed E-state index contributed by atoms with van der Waals surface area (Å²) in [5.41, 5.74) is 2.43. The number of nitriles is 2. The highest BCUT2D eigenvalue weighted by molar-refractivity contribution is 5.95. The fraction of sp³-hybridized carbons (Fsp3) is 0.500. The lowest BCUT2D eigenvalue weighted by molar-refractivity contribution is -0.128. The molecule has 7 N–H and O–H groups in total. The number of benzene rings is 2. The van der Waals surface area contributed by atoms with E-state index in [0.29, 0.717) is 44.5 Å². The first-order valence-corrected chi connectivity index (χ1v) is 21.6. The lowest BCUT2D eigenvalue weighted by Gasteiger charge is -2.25. The van der Waals surface area contributed by atoms with Crippen LogP contribution in [0.4, 0.5) is 4.79 Å². The summed E-state index contributed by atoms with van der Waals surface area (Å²) in [5, 5.41) is 35.3. The molecule has 0 radical (unpaired) electrons. The number of ether oxygens (including phenoxy) is 1. The average Bonchev–Trinajstić information content (AvgIpc) is 3.78. The molecule has 0 aliphatic carbocycles. The molecule has 1 aromatic heterocycles. The van der Waals surface area contributed by atoms with Gasteiger partial charge in [-0.2, -0.15) is 10.5 Å². The van der Waals surface area contributed by atoms with Crippen LogP contribution in [0.5, 0.6) is 0 Å². The van der Waals surface area contributed by atoms with E-state index in [1.165, 1.54) is 0 Å². The van der Waals surface area contributed by atoms with Crippen LogP contribution in [0.1, 0.15) is 95.2 Å². The topological polar surface area (TPSA) is 260 Å². The molecule has 2 aliphatic heterocycles. The Labute approximate surface area is 368 Å². The molecule has 0 bridgehead atoms. The van der Waals surface area contributed by atoms with Gasteiger partial charge in [-0.3, -0.25) is 24.0 Å². The van der Waals surface area contributed by atoms with E-state index in [0.717, 1.165) is 24.0 Å².